The van der Waals surface area contributed by atoms with Crippen molar-refractivity contribution in [2.45, 2.75) is 0 Å². The van der Waals surface area contributed by atoms with Gasteiger partial charge in [-0.3, -0.25) is 14.9 Å². The second-order valence-corrected chi connectivity index (χ2v) is 4.37. The number of hydrogen-bond acceptors (Lipinski definition) is 6. The number of amides is 1. The lowest BCUT2D eigenvalue weighted by Crippen LogP contribution is -2.18. The van der Waals surface area contributed by atoms with Crippen LogP contribution in [0.25, 0.3) is 0 Å². The summed E-state index contributed by atoms with van der Waals surface area (Å²) in [4.78, 5) is 22.2. The van der Waals surface area contributed by atoms with Gasteiger partial charge in [-0.25, -0.2) is 5.43 Å². The zero-order chi connectivity index (χ0) is 16.8. The standard InChI is InChI=1S/C15H13N3O5/c1-23-13-8-4-5-10(14(13)19)9-16-17-15(20)11-6-2-3-7-12(11)18(21)22/h2-9,19H,1H3,(H,17,20)/b16-9-. The number of nitrogens with one attached hydrogen (secondary N) is 1. The van der Waals surface area contributed by atoms with Crippen LogP contribution in [0, 0.1) is 10.1 Å². The number of phenolic OH excluding ortho intramolecular Hbond substituents is 1. The number of nitrogens with zero attached hydrogens (tertiary/aromatic N) is 2. The number of methoxy groups -OCH3 is 1. The Hall–Kier alpha value is -3.42. The fourth-order valence-corrected chi connectivity index (χ4v) is 1.85. The van der Waals surface area contributed by atoms with Gasteiger partial charge in [0.15, 0.2) is 11.5 Å². The molecule has 2 N–H and O–H groups in total. The molecule has 2 rings (SSSR count). The van der Waals surface area contributed by atoms with Crippen molar-refractivity contribution in [2.24, 2.45) is 5.10 Å². The van der Waals surface area contributed by atoms with Crippen molar-refractivity contribution >= 4 is 17.8 Å². The third-order valence-electron chi connectivity index (χ3n) is 2.97. The number of nitro groups is 1. The number of para-hydroxylation sites is 2. The lowest BCUT2D eigenvalue weighted by atomic mass is 10.2. The lowest BCUT2D eigenvalue weighted by molar-refractivity contribution is -0.385. The molecule has 0 atom stereocenters. The number of aromatic hydroxyl groups is 1. The number of phenols is 1. The van der Waals surface area contributed by atoms with Crippen LogP contribution in [-0.4, -0.2) is 29.3 Å². The first-order valence-electron chi connectivity index (χ1n) is 6.47. The summed E-state index contributed by atoms with van der Waals surface area (Å²) in [5.41, 5.74) is 2.09. The second-order valence-electron chi connectivity index (χ2n) is 4.37. The number of carbonyl (C=O) groups is 1. The highest BCUT2D eigenvalue weighted by atomic mass is 16.6. The van der Waals surface area contributed by atoms with Crippen LogP contribution in [0.5, 0.6) is 11.5 Å². The number of benzene rings is 2. The van der Waals surface area contributed by atoms with Crippen molar-refractivity contribution in [3.8, 4) is 11.5 Å². The molecule has 118 valence electrons. The van der Waals surface area contributed by atoms with Crippen LogP contribution >= 0.6 is 0 Å². The van der Waals surface area contributed by atoms with Gasteiger partial charge in [0, 0.05) is 11.6 Å². The number of hydrogen-bond donors (Lipinski definition) is 2. The van der Waals surface area contributed by atoms with Crippen molar-refractivity contribution in [2.75, 3.05) is 7.11 Å². The Labute approximate surface area is 131 Å². The van der Waals surface area contributed by atoms with Crippen molar-refractivity contribution in [3.05, 3.63) is 63.7 Å². The van der Waals surface area contributed by atoms with Gasteiger partial charge in [-0.1, -0.05) is 18.2 Å². The maximum atomic E-state index is 12.0. The molecule has 0 fully saturated rings. The number of ether oxygens (including phenoxy) is 1. The quantitative estimate of drug-likeness (QED) is 0.498. The molecule has 23 heavy (non-hydrogen) atoms. The molecule has 8 nitrogen and oxygen atoms in total. The summed E-state index contributed by atoms with van der Waals surface area (Å²) in [6.07, 6.45) is 1.21. The van der Waals surface area contributed by atoms with E-state index in [1.165, 1.54) is 37.6 Å². The van der Waals surface area contributed by atoms with Crippen LogP contribution in [0.3, 0.4) is 0 Å². The van der Waals surface area contributed by atoms with Crippen LogP contribution in [0.4, 0.5) is 5.69 Å². The molecule has 0 bridgehead atoms. The van der Waals surface area contributed by atoms with Gasteiger partial charge in [0.1, 0.15) is 5.56 Å². The predicted octanol–water partition coefficient (Wildman–Crippen LogP) is 2.07. The van der Waals surface area contributed by atoms with E-state index in [0.717, 1.165) is 0 Å². The molecule has 0 saturated carbocycles. The zero-order valence-electron chi connectivity index (χ0n) is 12.1. The van der Waals surface area contributed by atoms with E-state index in [4.69, 9.17) is 4.74 Å². The maximum Gasteiger partial charge on any atom is 0.282 e. The highest BCUT2D eigenvalue weighted by Gasteiger charge is 2.18. The second kappa shape index (κ2) is 7.03. The summed E-state index contributed by atoms with van der Waals surface area (Å²) in [5, 5.41) is 24.4. The van der Waals surface area contributed by atoms with Crippen LogP contribution in [0.2, 0.25) is 0 Å². The fraction of sp³-hybridized carbons (Fsp3) is 0.0667. The molecule has 0 unspecified atom stereocenters. The average molecular weight is 315 g/mol. The highest BCUT2D eigenvalue weighted by Crippen LogP contribution is 2.27. The minimum absolute atomic E-state index is 0.107. The van der Waals surface area contributed by atoms with Crippen molar-refractivity contribution in [3.63, 3.8) is 0 Å². The number of hydrazone groups is 1. The molecule has 0 spiro atoms. The fourth-order valence-electron chi connectivity index (χ4n) is 1.85. The molecule has 0 heterocycles. The zero-order valence-corrected chi connectivity index (χ0v) is 12.1. The van der Waals surface area contributed by atoms with Gasteiger partial charge >= 0.3 is 0 Å². The Kier molecular flexibility index (Phi) is 4.88. The van der Waals surface area contributed by atoms with Gasteiger partial charge in [0.2, 0.25) is 0 Å². The van der Waals surface area contributed by atoms with E-state index in [-0.39, 0.29) is 22.7 Å². The molecule has 1 amide bonds. The minimum Gasteiger partial charge on any atom is -0.504 e. The summed E-state index contributed by atoms with van der Waals surface area (Å²) in [5.74, 6) is -0.589. The molecule has 0 aromatic heterocycles. The molecule has 0 saturated heterocycles. The first-order valence-corrected chi connectivity index (χ1v) is 6.47. The average Bonchev–Trinajstić information content (AvgIpc) is 2.56. The van der Waals surface area contributed by atoms with Crippen molar-refractivity contribution in [1.82, 2.24) is 5.43 Å². The molecular formula is C15H13N3O5. The van der Waals surface area contributed by atoms with Crippen LogP contribution in [0.15, 0.2) is 47.6 Å². The predicted molar refractivity (Wildman–Crippen MR) is 82.8 cm³/mol. The Morgan fingerprint density at radius 3 is 2.74 bits per heavy atom. The van der Waals surface area contributed by atoms with Crippen LogP contribution in [-0.2, 0) is 0 Å². The first kappa shape index (κ1) is 16.0. The maximum absolute atomic E-state index is 12.0. The van der Waals surface area contributed by atoms with E-state index in [2.05, 4.69) is 10.5 Å². The Morgan fingerprint density at radius 1 is 1.30 bits per heavy atom. The third kappa shape index (κ3) is 3.62. The number of rotatable bonds is 5. The van der Waals surface area contributed by atoms with Crippen LogP contribution < -0.4 is 10.2 Å². The molecule has 2 aromatic carbocycles. The minimum atomic E-state index is -0.726. The highest BCUT2D eigenvalue weighted by molar-refractivity contribution is 5.98. The molecular weight excluding hydrogens is 302 g/mol. The number of carbonyl (C=O) groups excluding carboxylic acids is 1. The van der Waals surface area contributed by atoms with Gasteiger partial charge in [-0.05, 0) is 18.2 Å². The molecule has 0 aliphatic heterocycles. The van der Waals surface area contributed by atoms with Gasteiger partial charge in [-0.15, -0.1) is 0 Å². The van der Waals surface area contributed by atoms with Gasteiger partial charge in [0.25, 0.3) is 11.6 Å². The number of nitro benzene ring substituents is 1. The molecule has 0 radical (unpaired) electrons. The molecule has 8 heteroatoms. The summed E-state index contributed by atoms with van der Waals surface area (Å²) in [6.45, 7) is 0. The van der Waals surface area contributed by atoms with Gasteiger partial charge < -0.3 is 9.84 Å². The van der Waals surface area contributed by atoms with E-state index in [1.807, 2.05) is 0 Å². The van der Waals surface area contributed by atoms with Gasteiger partial charge in [-0.2, -0.15) is 5.10 Å². The summed E-state index contributed by atoms with van der Waals surface area (Å²) >= 11 is 0. The Balaban J connectivity index is 2.15. The topological polar surface area (TPSA) is 114 Å². The van der Waals surface area contributed by atoms with Gasteiger partial charge in [0.05, 0.1) is 18.2 Å². The van der Waals surface area contributed by atoms with Crippen LogP contribution in [0.1, 0.15) is 15.9 Å². The summed E-state index contributed by atoms with van der Waals surface area (Å²) < 4.78 is 4.95. The first-order chi connectivity index (χ1) is 11.0. The summed E-state index contributed by atoms with van der Waals surface area (Å²) in [7, 11) is 1.41. The van der Waals surface area contributed by atoms with E-state index < -0.39 is 10.8 Å². The summed E-state index contributed by atoms with van der Waals surface area (Å²) in [6, 6.07) is 10.3. The normalized spacial score (nSPS) is 10.5. The Morgan fingerprint density at radius 2 is 2.04 bits per heavy atom. The monoisotopic (exact) mass is 315 g/mol. The van der Waals surface area contributed by atoms with E-state index in [9.17, 15) is 20.0 Å². The molecule has 0 aliphatic carbocycles. The third-order valence-corrected chi connectivity index (χ3v) is 2.97. The lowest BCUT2D eigenvalue weighted by Gasteiger charge is -2.05. The Bertz CT molecular complexity index is 773. The van der Waals surface area contributed by atoms with E-state index >= 15 is 0 Å². The van der Waals surface area contributed by atoms with Crippen molar-refractivity contribution < 1.29 is 19.6 Å². The van der Waals surface area contributed by atoms with Crippen molar-refractivity contribution in [1.29, 1.82) is 0 Å². The smallest absolute Gasteiger partial charge is 0.282 e. The molecule has 2 aromatic rings. The van der Waals surface area contributed by atoms with E-state index in [1.54, 1.807) is 18.2 Å². The largest absolute Gasteiger partial charge is 0.504 e. The molecule has 0 aliphatic rings. The SMILES string of the molecule is COc1cccc(/C=N\NC(=O)c2ccccc2[N+](=O)[O-])c1O. The van der Waals surface area contributed by atoms with E-state index in [0.29, 0.717) is 5.56 Å².